The summed E-state index contributed by atoms with van der Waals surface area (Å²) in [5.41, 5.74) is 0.693. The molecule has 0 radical (unpaired) electrons. The quantitative estimate of drug-likeness (QED) is 0.556. The van der Waals surface area contributed by atoms with Crippen LogP contribution >= 0.6 is 0 Å². The van der Waals surface area contributed by atoms with Gasteiger partial charge in [0, 0.05) is 13.0 Å². The number of para-hydroxylation sites is 1. The van der Waals surface area contributed by atoms with Gasteiger partial charge < -0.3 is 10.1 Å². The number of benzene rings is 1. The van der Waals surface area contributed by atoms with E-state index >= 15 is 0 Å². The van der Waals surface area contributed by atoms with Gasteiger partial charge in [-0.25, -0.2) is 0 Å². The first-order valence-corrected chi connectivity index (χ1v) is 6.25. The minimum atomic E-state index is 0.137. The molecule has 1 aromatic rings. The van der Waals surface area contributed by atoms with Gasteiger partial charge in [-0.15, -0.1) is 0 Å². The molecule has 0 aliphatic rings. The number of ketones is 1. The maximum absolute atomic E-state index is 12.0. The fourth-order valence-corrected chi connectivity index (χ4v) is 1.55. The van der Waals surface area contributed by atoms with E-state index in [-0.39, 0.29) is 5.78 Å². The molecule has 0 saturated heterocycles. The van der Waals surface area contributed by atoms with Crippen LogP contribution < -0.4 is 10.1 Å². The predicted octanol–water partition coefficient (Wildman–Crippen LogP) is 2.66. The van der Waals surface area contributed by atoms with Gasteiger partial charge in [-0.2, -0.15) is 0 Å². The zero-order valence-electron chi connectivity index (χ0n) is 10.7. The second-order valence-corrected chi connectivity index (χ2v) is 3.87. The Kier molecular flexibility index (Phi) is 6.33. The summed E-state index contributed by atoms with van der Waals surface area (Å²) in [4.78, 5) is 12.0. The van der Waals surface area contributed by atoms with Crippen LogP contribution in [0.3, 0.4) is 0 Å². The van der Waals surface area contributed by atoms with E-state index in [1.165, 1.54) is 0 Å². The van der Waals surface area contributed by atoms with Crippen LogP contribution in [-0.2, 0) is 0 Å². The van der Waals surface area contributed by atoms with E-state index in [2.05, 4.69) is 12.2 Å². The highest BCUT2D eigenvalue weighted by Crippen LogP contribution is 2.19. The largest absolute Gasteiger partial charge is 0.493 e. The van der Waals surface area contributed by atoms with Crippen LogP contribution in [0.4, 0.5) is 0 Å². The lowest BCUT2D eigenvalue weighted by atomic mass is 10.1. The van der Waals surface area contributed by atoms with Gasteiger partial charge >= 0.3 is 0 Å². The number of carbonyl (C=O) groups is 1. The third-order valence-electron chi connectivity index (χ3n) is 2.43. The smallest absolute Gasteiger partial charge is 0.167 e. The zero-order valence-corrected chi connectivity index (χ0v) is 10.7. The molecule has 0 fully saturated rings. The molecule has 3 heteroatoms. The Balaban J connectivity index is 2.64. The van der Waals surface area contributed by atoms with Crippen LogP contribution in [0.1, 0.15) is 37.0 Å². The summed E-state index contributed by atoms with van der Waals surface area (Å²) in [5, 5.41) is 3.15. The molecule has 0 aliphatic carbocycles. The van der Waals surface area contributed by atoms with Crippen molar-refractivity contribution in [1.82, 2.24) is 5.32 Å². The molecule has 0 amide bonds. The van der Waals surface area contributed by atoms with Gasteiger partial charge in [-0.1, -0.05) is 26.0 Å². The van der Waals surface area contributed by atoms with Gasteiger partial charge in [0.05, 0.1) is 12.2 Å². The third-order valence-corrected chi connectivity index (χ3v) is 2.43. The van der Waals surface area contributed by atoms with E-state index in [9.17, 15) is 4.79 Å². The van der Waals surface area contributed by atoms with E-state index in [0.29, 0.717) is 24.3 Å². The average molecular weight is 235 g/mol. The summed E-state index contributed by atoms with van der Waals surface area (Å²) in [6, 6.07) is 7.46. The summed E-state index contributed by atoms with van der Waals surface area (Å²) in [5.74, 6) is 0.841. The topological polar surface area (TPSA) is 38.3 Å². The second-order valence-electron chi connectivity index (χ2n) is 3.87. The first kappa shape index (κ1) is 13.7. The third kappa shape index (κ3) is 4.57. The molecule has 0 saturated carbocycles. The second kappa shape index (κ2) is 7.85. The predicted molar refractivity (Wildman–Crippen MR) is 69.7 cm³/mol. The van der Waals surface area contributed by atoms with E-state index in [0.717, 1.165) is 19.5 Å². The number of carbonyl (C=O) groups excluding carboxylic acids is 1. The Hall–Kier alpha value is -1.35. The minimum Gasteiger partial charge on any atom is -0.493 e. The normalized spacial score (nSPS) is 10.2. The number of ether oxygens (including phenoxy) is 1. The van der Waals surface area contributed by atoms with Crippen molar-refractivity contribution in [1.29, 1.82) is 0 Å². The highest BCUT2D eigenvalue weighted by atomic mass is 16.5. The van der Waals surface area contributed by atoms with Crippen LogP contribution in [0.5, 0.6) is 5.75 Å². The maximum atomic E-state index is 12.0. The Morgan fingerprint density at radius 2 is 2.06 bits per heavy atom. The van der Waals surface area contributed by atoms with Gasteiger partial charge in [0.1, 0.15) is 5.75 Å². The molecule has 94 valence electrons. The summed E-state index contributed by atoms with van der Waals surface area (Å²) >= 11 is 0. The number of hydrogen-bond acceptors (Lipinski definition) is 3. The molecule has 17 heavy (non-hydrogen) atoms. The van der Waals surface area contributed by atoms with Crippen molar-refractivity contribution in [2.24, 2.45) is 0 Å². The van der Waals surface area contributed by atoms with Gasteiger partial charge in [0.2, 0.25) is 0 Å². The molecule has 1 aromatic carbocycles. The van der Waals surface area contributed by atoms with Crippen molar-refractivity contribution in [3.63, 3.8) is 0 Å². The van der Waals surface area contributed by atoms with Crippen LogP contribution in [0.2, 0.25) is 0 Å². The standard InChI is InChI=1S/C14H21NO2/c1-3-11-17-14-8-6-5-7-12(14)13(16)9-10-15-4-2/h5-8,15H,3-4,9-11H2,1-2H3. The van der Waals surface area contributed by atoms with E-state index in [4.69, 9.17) is 4.74 Å². The van der Waals surface area contributed by atoms with E-state index in [1.807, 2.05) is 31.2 Å². The lowest BCUT2D eigenvalue weighted by Crippen LogP contribution is -2.18. The molecule has 0 atom stereocenters. The maximum Gasteiger partial charge on any atom is 0.167 e. The van der Waals surface area contributed by atoms with Crippen LogP contribution in [0.25, 0.3) is 0 Å². The lowest BCUT2D eigenvalue weighted by Gasteiger charge is -2.09. The lowest BCUT2D eigenvalue weighted by molar-refractivity contribution is 0.0979. The van der Waals surface area contributed by atoms with Crippen LogP contribution in [0, 0.1) is 0 Å². The SMILES string of the molecule is CCCOc1ccccc1C(=O)CCNCC. The molecule has 0 heterocycles. The van der Waals surface area contributed by atoms with Crippen molar-refractivity contribution < 1.29 is 9.53 Å². The molecule has 3 nitrogen and oxygen atoms in total. The Morgan fingerprint density at radius 1 is 1.29 bits per heavy atom. The van der Waals surface area contributed by atoms with Gasteiger partial charge in [0.15, 0.2) is 5.78 Å². The Labute approximate surface area is 103 Å². The van der Waals surface area contributed by atoms with Crippen molar-refractivity contribution in [2.75, 3.05) is 19.7 Å². The molecule has 0 unspecified atom stereocenters. The molecule has 1 rings (SSSR count). The first-order valence-electron chi connectivity index (χ1n) is 6.25. The first-order chi connectivity index (χ1) is 8.29. The molecule has 0 aliphatic heterocycles. The van der Waals surface area contributed by atoms with Crippen molar-refractivity contribution in [3.8, 4) is 5.75 Å². The number of rotatable bonds is 8. The van der Waals surface area contributed by atoms with Crippen molar-refractivity contribution in [2.45, 2.75) is 26.7 Å². The highest BCUT2D eigenvalue weighted by Gasteiger charge is 2.11. The number of nitrogens with one attached hydrogen (secondary N) is 1. The Morgan fingerprint density at radius 3 is 2.76 bits per heavy atom. The Bertz CT molecular complexity index is 350. The summed E-state index contributed by atoms with van der Waals surface area (Å²) in [6.45, 7) is 6.34. The summed E-state index contributed by atoms with van der Waals surface area (Å²) in [7, 11) is 0. The zero-order chi connectivity index (χ0) is 12.5. The molecule has 1 N–H and O–H groups in total. The van der Waals surface area contributed by atoms with Crippen molar-refractivity contribution in [3.05, 3.63) is 29.8 Å². The molecule has 0 aromatic heterocycles. The number of hydrogen-bond donors (Lipinski definition) is 1. The molecular formula is C14H21NO2. The summed E-state index contributed by atoms with van der Waals surface area (Å²) in [6.07, 6.45) is 1.46. The van der Waals surface area contributed by atoms with Crippen LogP contribution in [-0.4, -0.2) is 25.5 Å². The van der Waals surface area contributed by atoms with Crippen LogP contribution in [0.15, 0.2) is 24.3 Å². The molecular weight excluding hydrogens is 214 g/mol. The van der Waals surface area contributed by atoms with Gasteiger partial charge in [-0.05, 0) is 25.1 Å². The number of Topliss-reactive ketones (excluding diaryl/α,β-unsaturated/α-hetero) is 1. The molecule has 0 spiro atoms. The monoisotopic (exact) mass is 235 g/mol. The van der Waals surface area contributed by atoms with E-state index in [1.54, 1.807) is 0 Å². The average Bonchev–Trinajstić information content (AvgIpc) is 2.37. The van der Waals surface area contributed by atoms with Gasteiger partial charge in [-0.3, -0.25) is 4.79 Å². The van der Waals surface area contributed by atoms with Gasteiger partial charge in [0.25, 0.3) is 0 Å². The van der Waals surface area contributed by atoms with E-state index < -0.39 is 0 Å². The highest BCUT2D eigenvalue weighted by molar-refractivity contribution is 5.98. The molecule has 0 bridgehead atoms. The van der Waals surface area contributed by atoms with Crippen molar-refractivity contribution >= 4 is 5.78 Å². The fraction of sp³-hybridized carbons (Fsp3) is 0.500. The minimum absolute atomic E-state index is 0.137. The summed E-state index contributed by atoms with van der Waals surface area (Å²) < 4.78 is 5.57. The fourth-order valence-electron chi connectivity index (χ4n) is 1.55.